The number of nitriles is 1. The van der Waals surface area contributed by atoms with E-state index in [4.69, 9.17) is 23.2 Å². The molecule has 154 valence electrons. The molecule has 0 spiro atoms. The molecule has 0 unspecified atom stereocenters. The van der Waals surface area contributed by atoms with E-state index in [0.29, 0.717) is 39.4 Å². The summed E-state index contributed by atoms with van der Waals surface area (Å²) in [5.41, 5.74) is 3.61. The molecule has 5 nitrogen and oxygen atoms in total. The predicted octanol–water partition coefficient (Wildman–Crippen LogP) is 7.07. The van der Waals surface area contributed by atoms with E-state index >= 15 is 0 Å². The largest absolute Gasteiger partial charge is 0.381 e. The number of benzene rings is 2. The van der Waals surface area contributed by atoms with Gasteiger partial charge in [0.15, 0.2) is 0 Å². The number of hydrogen-bond donors (Lipinski definition) is 2. The van der Waals surface area contributed by atoms with E-state index in [9.17, 15) is 9.65 Å². The Bertz CT molecular complexity index is 1340. The van der Waals surface area contributed by atoms with Gasteiger partial charge < -0.3 is 10.6 Å². The van der Waals surface area contributed by atoms with Gasteiger partial charge in [0.05, 0.1) is 26.8 Å². The van der Waals surface area contributed by atoms with Crippen LogP contribution in [0.1, 0.15) is 11.1 Å². The van der Waals surface area contributed by atoms with Crippen molar-refractivity contribution in [1.82, 2.24) is 9.97 Å². The number of pyridine rings is 2. The van der Waals surface area contributed by atoms with E-state index in [1.807, 2.05) is 12.1 Å². The van der Waals surface area contributed by atoms with Crippen LogP contribution in [0, 0.1) is 17.1 Å². The third-order valence-electron chi connectivity index (χ3n) is 4.49. The number of nitrogens with zero attached hydrogens (tertiary/aromatic N) is 3. The molecule has 2 N–H and O–H groups in total. The fourth-order valence-corrected chi connectivity index (χ4v) is 3.92. The minimum absolute atomic E-state index is 0.0233. The Morgan fingerprint density at radius 3 is 2.58 bits per heavy atom. The monoisotopic (exact) mass is 515 g/mol. The van der Waals surface area contributed by atoms with Crippen molar-refractivity contribution in [2.45, 2.75) is 6.54 Å². The number of halogens is 4. The first kappa shape index (κ1) is 21.3. The molecule has 0 aliphatic rings. The van der Waals surface area contributed by atoms with Gasteiger partial charge in [0.1, 0.15) is 11.9 Å². The minimum Gasteiger partial charge on any atom is -0.381 e. The van der Waals surface area contributed by atoms with Crippen LogP contribution >= 0.6 is 39.1 Å². The lowest BCUT2D eigenvalue weighted by Crippen LogP contribution is -2.02. The molecule has 0 bridgehead atoms. The zero-order valence-electron chi connectivity index (χ0n) is 15.8. The standard InChI is InChI=1S/C22H13BrCl2FN5/c23-14-3-12(8-28-11-14)9-29-16-4-17-21(31-15-1-2-20(26)18(24)5-15)13(7-27)10-30-22(17)19(25)6-16/h1-6,8,10-11,29H,9H2,(H,30,31). The van der Waals surface area contributed by atoms with Gasteiger partial charge in [-0.2, -0.15) is 5.26 Å². The molecule has 0 radical (unpaired) electrons. The lowest BCUT2D eigenvalue weighted by atomic mass is 10.1. The van der Waals surface area contributed by atoms with Gasteiger partial charge in [-0.25, -0.2) is 4.39 Å². The maximum absolute atomic E-state index is 13.5. The Hall–Kier alpha value is -2.92. The molecule has 0 atom stereocenters. The van der Waals surface area contributed by atoms with Crippen molar-refractivity contribution in [2.24, 2.45) is 0 Å². The Balaban J connectivity index is 1.75. The van der Waals surface area contributed by atoms with Gasteiger partial charge >= 0.3 is 0 Å². The van der Waals surface area contributed by atoms with E-state index in [1.54, 1.807) is 24.5 Å². The molecule has 2 aromatic carbocycles. The molecule has 4 rings (SSSR count). The topological polar surface area (TPSA) is 73.6 Å². The summed E-state index contributed by atoms with van der Waals surface area (Å²) in [4.78, 5) is 8.49. The Kier molecular flexibility index (Phi) is 6.23. The molecule has 0 fully saturated rings. The summed E-state index contributed by atoms with van der Waals surface area (Å²) >= 11 is 15.8. The normalized spacial score (nSPS) is 10.7. The molecule has 4 aromatic rings. The summed E-state index contributed by atoms with van der Waals surface area (Å²) in [7, 11) is 0. The third kappa shape index (κ3) is 4.72. The summed E-state index contributed by atoms with van der Waals surface area (Å²) in [5.74, 6) is -0.524. The Morgan fingerprint density at radius 2 is 1.84 bits per heavy atom. The van der Waals surface area contributed by atoms with Crippen LogP contribution in [0.3, 0.4) is 0 Å². The molecule has 0 saturated carbocycles. The minimum atomic E-state index is -0.524. The van der Waals surface area contributed by atoms with Gasteiger partial charge in [0.2, 0.25) is 0 Å². The molecule has 0 aliphatic carbocycles. The molecular weight excluding hydrogens is 504 g/mol. The van der Waals surface area contributed by atoms with Crippen molar-refractivity contribution in [3.05, 3.63) is 86.5 Å². The number of fused-ring (bicyclic) bond motifs is 1. The maximum Gasteiger partial charge on any atom is 0.141 e. The molecule has 2 aromatic heterocycles. The van der Waals surface area contributed by atoms with Crippen molar-refractivity contribution in [2.75, 3.05) is 10.6 Å². The zero-order valence-corrected chi connectivity index (χ0v) is 18.9. The summed E-state index contributed by atoms with van der Waals surface area (Å²) in [6.45, 7) is 0.524. The van der Waals surface area contributed by atoms with Gasteiger partial charge in [-0.3, -0.25) is 9.97 Å². The highest BCUT2D eigenvalue weighted by Crippen LogP contribution is 2.35. The molecule has 31 heavy (non-hydrogen) atoms. The molecule has 0 saturated heterocycles. The van der Waals surface area contributed by atoms with Gasteiger partial charge in [-0.05, 0) is 57.9 Å². The van der Waals surface area contributed by atoms with Gasteiger partial charge in [0.25, 0.3) is 0 Å². The van der Waals surface area contributed by atoms with Crippen LogP contribution in [0.5, 0.6) is 0 Å². The van der Waals surface area contributed by atoms with E-state index in [0.717, 1.165) is 15.7 Å². The van der Waals surface area contributed by atoms with Crippen molar-refractivity contribution in [3.8, 4) is 6.07 Å². The second-order valence-corrected chi connectivity index (χ2v) is 8.36. The van der Waals surface area contributed by atoms with E-state index in [-0.39, 0.29) is 5.02 Å². The molecule has 2 heterocycles. The van der Waals surface area contributed by atoms with Crippen molar-refractivity contribution >= 4 is 67.1 Å². The lowest BCUT2D eigenvalue weighted by Gasteiger charge is -2.15. The molecule has 0 aliphatic heterocycles. The molecular formula is C22H13BrCl2FN5. The summed E-state index contributed by atoms with van der Waals surface area (Å²) in [6.07, 6.45) is 4.92. The number of nitrogens with one attached hydrogen (secondary N) is 2. The van der Waals surface area contributed by atoms with E-state index in [1.165, 1.54) is 18.3 Å². The van der Waals surface area contributed by atoms with E-state index < -0.39 is 5.82 Å². The Labute approximate surface area is 196 Å². The van der Waals surface area contributed by atoms with E-state index in [2.05, 4.69) is 42.6 Å². The van der Waals surface area contributed by atoms with Crippen LogP contribution in [-0.4, -0.2) is 9.97 Å². The van der Waals surface area contributed by atoms with Crippen LogP contribution in [-0.2, 0) is 6.54 Å². The first-order chi connectivity index (χ1) is 14.9. The first-order valence-corrected chi connectivity index (χ1v) is 10.6. The first-order valence-electron chi connectivity index (χ1n) is 9.02. The highest BCUT2D eigenvalue weighted by Gasteiger charge is 2.14. The number of rotatable bonds is 5. The second-order valence-electron chi connectivity index (χ2n) is 6.63. The predicted molar refractivity (Wildman–Crippen MR) is 125 cm³/mol. The Morgan fingerprint density at radius 1 is 1.03 bits per heavy atom. The highest BCUT2D eigenvalue weighted by atomic mass is 79.9. The van der Waals surface area contributed by atoms with Crippen LogP contribution in [0.15, 0.2) is 59.5 Å². The summed E-state index contributed by atoms with van der Waals surface area (Å²) < 4.78 is 14.4. The van der Waals surface area contributed by atoms with Crippen molar-refractivity contribution in [1.29, 1.82) is 5.26 Å². The van der Waals surface area contributed by atoms with Crippen LogP contribution in [0.25, 0.3) is 10.9 Å². The van der Waals surface area contributed by atoms with Gasteiger partial charge in [-0.1, -0.05) is 23.2 Å². The highest BCUT2D eigenvalue weighted by molar-refractivity contribution is 9.10. The van der Waals surface area contributed by atoms with Gasteiger partial charge in [0, 0.05) is 46.4 Å². The molecule has 9 heteroatoms. The van der Waals surface area contributed by atoms with Crippen LogP contribution < -0.4 is 10.6 Å². The smallest absolute Gasteiger partial charge is 0.141 e. The third-order valence-corrected chi connectivity index (χ3v) is 5.50. The maximum atomic E-state index is 13.5. The average Bonchev–Trinajstić information content (AvgIpc) is 2.75. The van der Waals surface area contributed by atoms with Gasteiger partial charge in [-0.15, -0.1) is 0 Å². The quantitative estimate of drug-likeness (QED) is 0.297. The zero-order chi connectivity index (χ0) is 22.0. The van der Waals surface area contributed by atoms with Crippen molar-refractivity contribution in [3.63, 3.8) is 0 Å². The number of aromatic nitrogens is 2. The number of hydrogen-bond acceptors (Lipinski definition) is 5. The van der Waals surface area contributed by atoms with Crippen LogP contribution in [0.4, 0.5) is 21.5 Å². The van der Waals surface area contributed by atoms with Crippen molar-refractivity contribution < 1.29 is 4.39 Å². The SMILES string of the molecule is N#Cc1cnc2c(Cl)cc(NCc3cncc(Br)c3)cc2c1Nc1ccc(F)c(Cl)c1. The fourth-order valence-electron chi connectivity index (χ4n) is 3.06. The average molecular weight is 517 g/mol. The lowest BCUT2D eigenvalue weighted by molar-refractivity contribution is 0.628. The summed E-state index contributed by atoms with van der Waals surface area (Å²) in [5, 5.41) is 17.1. The fraction of sp³-hybridized carbons (Fsp3) is 0.0455. The molecule has 0 amide bonds. The van der Waals surface area contributed by atoms with Crippen LogP contribution in [0.2, 0.25) is 10.0 Å². The summed E-state index contributed by atoms with van der Waals surface area (Å²) in [6, 6.07) is 12.0. The number of anilines is 3. The second kappa shape index (κ2) is 9.06.